The van der Waals surface area contributed by atoms with Gasteiger partial charge < -0.3 is 4.74 Å². The smallest absolute Gasteiger partial charge is 0.214 e. The molecule has 3 heteroatoms. The maximum Gasteiger partial charge on any atom is 0.214 e. The molecule has 0 spiro atoms. The highest BCUT2D eigenvalue weighted by Crippen LogP contribution is 2.19. The molecule has 1 heterocycles. The largest absolute Gasteiger partial charge is 0.481 e. The van der Waals surface area contributed by atoms with Crippen LogP contribution in [-0.2, 0) is 0 Å². The van der Waals surface area contributed by atoms with Gasteiger partial charge in [0.2, 0.25) is 5.88 Å². The molecule has 0 bridgehead atoms. The molecule has 0 unspecified atom stereocenters. The van der Waals surface area contributed by atoms with Crippen LogP contribution in [0.5, 0.6) is 5.88 Å². The topological polar surface area (TPSA) is 27.1 Å². The van der Waals surface area contributed by atoms with Crippen LogP contribution >= 0.6 is 0 Å². The van der Waals surface area contributed by atoms with Crippen molar-refractivity contribution in [2.24, 2.45) is 0 Å². The van der Waals surface area contributed by atoms with Crippen molar-refractivity contribution < 1.29 is 4.74 Å². The summed E-state index contributed by atoms with van der Waals surface area (Å²) in [5.74, 6) is 0.861. The quantitative estimate of drug-likeness (QED) is 0.649. The van der Waals surface area contributed by atoms with Gasteiger partial charge in [-0.2, -0.15) is 5.10 Å². The van der Waals surface area contributed by atoms with E-state index in [1.165, 1.54) is 0 Å². The van der Waals surface area contributed by atoms with Crippen molar-refractivity contribution in [2.45, 2.75) is 26.8 Å². The normalized spacial score (nSPS) is 10.6. The SMILES string of the molecule is COc1c(C)cnn1C(C)C. The van der Waals surface area contributed by atoms with Gasteiger partial charge in [0.1, 0.15) is 0 Å². The van der Waals surface area contributed by atoms with Crippen molar-refractivity contribution in [1.29, 1.82) is 0 Å². The number of aryl methyl sites for hydroxylation is 1. The Hall–Kier alpha value is -0.990. The Labute approximate surface area is 67.0 Å². The minimum absolute atomic E-state index is 0.360. The minimum Gasteiger partial charge on any atom is -0.481 e. The molecule has 1 aromatic heterocycles. The first kappa shape index (κ1) is 8.11. The summed E-state index contributed by atoms with van der Waals surface area (Å²) in [5, 5.41) is 4.18. The Bertz CT molecular complexity index is 240. The lowest BCUT2D eigenvalue weighted by atomic mass is 10.4. The van der Waals surface area contributed by atoms with Crippen LogP contribution in [0.3, 0.4) is 0 Å². The fourth-order valence-electron chi connectivity index (χ4n) is 1.06. The van der Waals surface area contributed by atoms with E-state index >= 15 is 0 Å². The van der Waals surface area contributed by atoms with Crippen molar-refractivity contribution in [1.82, 2.24) is 9.78 Å². The summed E-state index contributed by atoms with van der Waals surface area (Å²) in [7, 11) is 1.67. The van der Waals surface area contributed by atoms with Crippen LogP contribution in [0.2, 0.25) is 0 Å². The molecule has 0 atom stereocenters. The molecule has 0 saturated heterocycles. The number of aromatic nitrogens is 2. The predicted octanol–water partition coefficient (Wildman–Crippen LogP) is 1.78. The zero-order valence-corrected chi connectivity index (χ0v) is 7.46. The molecule has 0 aliphatic carbocycles. The summed E-state index contributed by atoms with van der Waals surface area (Å²) in [6, 6.07) is 0.360. The van der Waals surface area contributed by atoms with Gasteiger partial charge in [-0.1, -0.05) is 0 Å². The maximum atomic E-state index is 5.18. The number of methoxy groups -OCH3 is 1. The Morgan fingerprint density at radius 3 is 2.55 bits per heavy atom. The van der Waals surface area contributed by atoms with Crippen molar-refractivity contribution >= 4 is 0 Å². The molecule has 0 radical (unpaired) electrons. The van der Waals surface area contributed by atoms with E-state index in [1.54, 1.807) is 7.11 Å². The lowest BCUT2D eigenvalue weighted by Gasteiger charge is -2.09. The van der Waals surface area contributed by atoms with Gasteiger partial charge in [-0.3, -0.25) is 0 Å². The van der Waals surface area contributed by atoms with Gasteiger partial charge in [-0.25, -0.2) is 4.68 Å². The number of hydrogen-bond acceptors (Lipinski definition) is 2. The Morgan fingerprint density at radius 2 is 2.18 bits per heavy atom. The van der Waals surface area contributed by atoms with Crippen molar-refractivity contribution in [2.75, 3.05) is 7.11 Å². The second kappa shape index (κ2) is 2.95. The van der Waals surface area contributed by atoms with Gasteiger partial charge in [-0.05, 0) is 20.8 Å². The van der Waals surface area contributed by atoms with E-state index in [0.717, 1.165) is 11.4 Å². The Balaban J connectivity index is 3.05. The fourth-order valence-corrected chi connectivity index (χ4v) is 1.06. The van der Waals surface area contributed by atoms with E-state index < -0.39 is 0 Å². The zero-order valence-electron chi connectivity index (χ0n) is 7.46. The van der Waals surface area contributed by atoms with Gasteiger partial charge in [0, 0.05) is 5.56 Å². The highest BCUT2D eigenvalue weighted by molar-refractivity contribution is 5.22. The molecular weight excluding hydrogens is 140 g/mol. The molecule has 11 heavy (non-hydrogen) atoms. The standard InChI is InChI=1S/C8H14N2O/c1-6(2)10-8(11-4)7(3)5-9-10/h5-6H,1-4H3. The lowest BCUT2D eigenvalue weighted by Crippen LogP contribution is -2.04. The lowest BCUT2D eigenvalue weighted by molar-refractivity contribution is 0.343. The third-order valence-corrected chi connectivity index (χ3v) is 1.60. The maximum absolute atomic E-state index is 5.18. The van der Waals surface area contributed by atoms with Gasteiger partial charge in [0.05, 0.1) is 19.3 Å². The van der Waals surface area contributed by atoms with Gasteiger partial charge in [-0.15, -0.1) is 0 Å². The molecule has 0 amide bonds. The van der Waals surface area contributed by atoms with Crippen molar-refractivity contribution in [3.05, 3.63) is 11.8 Å². The van der Waals surface area contributed by atoms with Crippen LogP contribution in [0.15, 0.2) is 6.20 Å². The molecule has 0 aliphatic rings. The molecule has 0 aliphatic heterocycles. The minimum atomic E-state index is 0.360. The van der Waals surface area contributed by atoms with Gasteiger partial charge in [0.15, 0.2) is 0 Å². The number of hydrogen-bond donors (Lipinski definition) is 0. The first-order valence-corrected chi connectivity index (χ1v) is 3.75. The second-order valence-corrected chi connectivity index (χ2v) is 2.88. The molecule has 62 valence electrons. The number of rotatable bonds is 2. The van der Waals surface area contributed by atoms with E-state index in [4.69, 9.17) is 4.74 Å². The highest BCUT2D eigenvalue weighted by Gasteiger charge is 2.08. The summed E-state index contributed by atoms with van der Waals surface area (Å²) in [5.41, 5.74) is 1.08. The third-order valence-electron chi connectivity index (χ3n) is 1.60. The Morgan fingerprint density at radius 1 is 1.55 bits per heavy atom. The molecular formula is C8H14N2O. The molecule has 0 N–H and O–H groups in total. The molecule has 0 fully saturated rings. The first-order valence-electron chi connectivity index (χ1n) is 3.75. The van der Waals surface area contributed by atoms with Crippen LogP contribution in [0, 0.1) is 6.92 Å². The van der Waals surface area contributed by atoms with Crippen molar-refractivity contribution in [3.8, 4) is 5.88 Å². The molecule has 0 saturated carbocycles. The van der Waals surface area contributed by atoms with E-state index in [0.29, 0.717) is 6.04 Å². The average Bonchev–Trinajstić information content (AvgIpc) is 2.30. The Kier molecular flexibility index (Phi) is 2.17. The third kappa shape index (κ3) is 1.37. The summed E-state index contributed by atoms with van der Waals surface area (Å²) < 4.78 is 7.05. The molecule has 0 aromatic carbocycles. The molecule has 1 aromatic rings. The van der Waals surface area contributed by atoms with Crippen LogP contribution in [0.4, 0.5) is 0 Å². The second-order valence-electron chi connectivity index (χ2n) is 2.88. The van der Waals surface area contributed by atoms with Crippen LogP contribution in [0.25, 0.3) is 0 Å². The monoisotopic (exact) mass is 154 g/mol. The summed E-state index contributed by atoms with van der Waals surface area (Å²) in [4.78, 5) is 0. The number of nitrogens with zero attached hydrogens (tertiary/aromatic N) is 2. The summed E-state index contributed by atoms with van der Waals surface area (Å²) >= 11 is 0. The predicted molar refractivity (Wildman–Crippen MR) is 43.9 cm³/mol. The summed E-state index contributed by atoms with van der Waals surface area (Å²) in [6.07, 6.45) is 1.82. The van der Waals surface area contributed by atoms with Crippen molar-refractivity contribution in [3.63, 3.8) is 0 Å². The van der Waals surface area contributed by atoms with E-state index in [9.17, 15) is 0 Å². The van der Waals surface area contributed by atoms with E-state index in [1.807, 2.05) is 17.8 Å². The molecule has 1 rings (SSSR count). The number of ether oxygens (including phenoxy) is 1. The van der Waals surface area contributed by atoms with Crippen LogP contribution < -0.4 is 4.74 Å². The fraction of sp³-hybridized carbons (Fsp3) is 0.625. The van der Waals surface area contributed by atoms with Gasteiger partial charge in [0.25, 0.3) is 0 Å². The average molecular weight is 154 g/mol. The van der Waals surface area contributed by atoms with E-state index in [-0.39, 0.29) is 0 Å². The van der Waals surface area contributed by atoms with Crippen LogP contribution in [-0.4, -0.2) is 16.9 Å². The van der Waals surface area contributed by atoms with Crippen LogP contribution in [0.1, 0.15) is 25.5 Å². The zero-order chi connectivity index (χ0) is 8.43. The van der Waals surface area contributed by atoms with Gasteiger partial charge >= 0.3 is 0 Å². The first-order chi connectivity index (χ1) is 5.16. The highest BCUT2D eigenvalue weighted by atomic mass is 16.5. The summed E-state index contributed by atoms with van der Waals surface area (Å²) in [6.45, 7) is 6.15. The van der Waals surface area contributed by atoms with E-state index in [2.05, 4.69) is 18.9 Å². The molecule has 3 nitrogen and oxygen atoms in total.